The second kappa shape index (κ2) is 7.93. The van der Waals surface area contributed by atoms with Gasteiger partial charge in [-0.1, -0.05) is 53.7 Å². The van der Waals surface area contributed by atoms with Gasteiger partial charge in [-0.05, 0) is 37.1 Å². The van der Waals surface area contributed by atoms with Gasteiger partial charge in [0.1, 0.15) is 12.4 Å². The summed E-state index contributed by atoms with van der Waals surface area (Å²) in [5, 5.41) is 0.195. The van der Waals surface area contributed by atoms with Gasteiger partial charge in [0.25, 0.3) is 5.24 Å². The van der Waals surface area contributed by atoms with E-state index in [4.69, 9.17) is 16.3 Å². The molecule has 0 saturated carbocycles. The molecule has 2 aromatic carbocycles. The standard InChI is InChI=1S/C19H18ClNO3S/c1-2-21-18(22)17(25-19(21)23)11-13-7-9-15(10-8-13)24-12-14-5-3-4-6-16(14)20/h3-10,17H,2,11-12H2,1H3/t17-/m1/s1. The highest BCUT2D eigenvalue weighted by Crippen LogP contribution is 2.29. The van der Waals surface area contributed by atoms with Gasteiger partial charge in [-0.2, -0.15) is 0 Å². The largest absolute Gasteiger partial charge is 0.489 e. The molecule has 25 heavy (non-hydrogen) atoms. The second-order valence-corrected chi connectivity index (χ2v) is 7.24. The normalized spacial score (nSPS) is 17.2. The Balaban J connectivity index is 1.58. The number of rotatable bonds is 6. The number of hydrogen-bond acceptors (Lipinski definition) is 4. The molecule has 2 aromatic rings. The van der Waals surface area contributed by atoms with Crippen molar-refractivity contribution in [2.75, 3.05) is 6.54 Å². The van der Waals surface area contributed by atoms with Crippen LogP contribution in [0.4, 0.5) is 4.79 Å². The van der Waals surface area contributed by atoms with Crippen LogP contribution in [-0.4, -0.2) is 27.8 Å². The first-order chi connectivity index (χ1) is 12.1. The highest BCUT2D eigenvalue weighted by Gasteiger charge is 2.38. The molecule has 1 aliphatic heterocycles. The molecule has 1 saturated heterocycles. The van der Waals surface area contributed by atoms with E-state index in [9.17, 15) is 9.59 Å². The van der Waals surface area contributed by atoms with E-state index in [2.05, 4.69) is 0 Å². The van der Waals surface area contributed by atoms with Crippen molar-refractivity contribution < 1.29 is 14.3 Å². The van der Waals surface area contributed by atoms with Crippen molar-refractivity contribution in [2.45, 2.75) is 25.2 Å². The van der Waals surface area contributed by atoms with Crippen molar-refractivity contribution in [3.63, 3.8) is 0 Å². The van der Waals surface area contributed by atoms with Crippen LogP contribution in [0.5, 0.6) is 5.75 Å². The Bertz CT molecular complexity index is 778. The van der Waals surface area contributed by atoms with Crippen LogP contribution in [0.1, 0.15) is 18.1 Å². The van der Waals surface area contributed by atoms with Crippen molar-refractivity contribution in [2.24, 2.45) is 0 Å². The molecule has 130 valence electrons. The minimum Gasteiger partial charge on any atom is -0.489 e. The Morgan fingerprint density at radius 1 is 1.12 bits per heavy atom. The average Bonchev–Trinajstić information content (AvgIpc) is 2.88. The molecule has 1 aliphatic rings. The number of hydrogen-bond donors (Lipinski definition) is 0. The lowest BCUT2D eigenvalue weighted by molar-refractivity contribution is -0.126. The Kier molecular flexibility index (Phi) is 5.66. The Hall–Kier alpha value is -1.98. The third-order valence-electron chi connectivity index (χ3n) is 4.02. The Labute approximate surface area is 156 Å². The van der Waals surface area contributed by atoms with Crippen LogP contribution in [0.15, 0.2) is 48.5 Å². The van der Waals surface area contributed by atoms with E-state index in [0.717, 1.165) is 28.6 Å². The van der Waals surface area contributed by atoms with Crippen LogP contribution >= 0.6 is 23.4 Å². The maximum Gasteiger partial charge on any atom is 0.289 e. The van der Waals surface area contributed by atoms with Crippen molar-refractivity contribution in [1.82, 2.24) is 4.90 Å². The van der Waals surface area contributed by atoms with Gasteiger partial charge < -0.3 is 4.74 Å². The zero-order chi connectivity index (χ0) is 17.8. The number of carbonyl (C=O) groups is 2. The van der Waals surface area contributed by atoms with Gasteiger partial charge in [-0.25, -0.2) is 0 Å². The Morgan fingerprint density at radius 2 is 1.84 bits per heavy atom. The van der Waals surface area contributed by atoms with Crippen LogP contribution < -0.4 is 4.74 Å². The highest BCUT2D eigenvalue weighted by atomic mass is 35.5. The van der Waals surface area contributed by atoms with Crippen LogP contribution in [-0.2, 0) is 17.8 Å². The molecule has 4 nitrogen and oxygen atoms in total. The number of ether oxygens (including phenoxy) is 1. The maximum absolute atomic E-state index is 12.2. The summed E-state index contributed by atoms with van der Waals surface area (Å²) in [7, 11) is 0. The van der Waals surface area contributed by atoms with Crippen molar-refractivity contribution in [3.05, 3.63) is 64.7 Å². The predicted octanol–water partition coefficient (Wildman–Crippen LogP) is 4.55. The number of carbonyl (C=O) groups excluding carboxylic acids is 2. The van der Waals surface area contributed by atoms with E-state index in [1.807, 2.05) is 55.5 Å². The van der Waals surface area contributed by atoms with E-state index in [0.29, 0.717) is 24.6 Å². The summed E-state index contributed by atoms with van der Waals surface area (Å²) in [6, 6.07) is 15.2. The summed E-state index contributed by atoms with van der Waals surface area (Å²) in [5.74, 6) is 0.636. The molecular formula is C19H18ClNO3S. The fourth-order valence-electron chi connectivity index (χ4n) is 2.63. The van der Waals surface area contributed by atoms with Crippen LogP contribution in [0.25, 0.3) is 0 Å². The summed E-state index contributed by atoms with van der Waals surface area (Å²) in [6.07, 6.45) is 0.538. The smallest absolute Gasteiger partial charge is 0.289 e. The van der Waals surface area contributed by atoms with Crippen LogP contribution in [0, 0.1) is 0 Å². The molecule has 1 atom stereocenters. The van der Waals surface area contributed by atoms with Gasteiger partial charge in [0.15, 0.2) is 0 Å². The lowest BCUT2D eigenvalue weighted by atomic mass is 10.1. The number of imide groups is 1. The van der Waals surface area contributed by atoms with Crippen LogP contribution in [0.2, 0.25) is 5.02 Å². The molecule has 0 N–H and O–H groups in total. The van der Waals surface area contributed by atoms with Gasteiger partial charge in [-0.3, -0.25) is 14.5 Å². The molecule has 0 bridgehead atoms. The van der Waals surface area contributed by atoms with Crippen LogP contribution in [0.3, 0.4) is 0 Å². The van der Waals surface area contributed by atoms with E-state index in [1.54, 1.807) is 0 Å². The molecule has 3 rings (SSSR count). The van der Waals surface area contributed by atoms with Gasteiger partial charge >= 0.3 is 0 Å². The van der Waals surface area contributed by atoms with Crippen molar-refractivity contribution in [3.8, 4) is 5.75 Å². The maximum atomic E-state index is 12.2. The number of nitrogens with zero attached hydrogens (tertiary/aromatic N) is 1. The third-order valence-corrected chi connectivity index (χ3v) is 5.46. The topological polar surface area (TPSA) is 46.6 Å². The van der Waals surface area contributed by atoms with E-state index < -0.39 is 0 Å². The molecular weight excluding hydrogens is 358 g/mol. The molecule has 0 aliphatic carbocycles. The quantitative estimate of drug-likeness (QED) is 0.743. The third kappa shape index (κ3) is 4.17. The molecule has 0 spiro atoms. The number of halogens is 1. The number of benzene rings is 2. The zero-order valence-corrected chi connectivity index (χ0v) is 15.3. The molecule has 6 heteroatoms. The number of thioether (sulfide) groups is 1. The SMILES string of the molecule is CCN1C(=O)S[C@H](Cc2ccc(OCc3ccccc3Cl)cc2)C1=O. The van der Waals surface area contributed by atoms with Crippen molar-refractivity contribution >= 4 is 34.5 Å². The highest BCUT2D eigenvalue weighted by molar-refractivity contribution is 8.15. The fraction of sp³-hybridized carbons (Fsp3) is 0.263. The lowest BCUT2D eigenvalue weighted by Crippen LogP contribution is -2.31. The van der Waals surface area contributed by atoms with Gasteiger partial charge in [0.2, 0.25) is 5.91 Å². The van der Waals surface area contributed by atoms with Gasteiger partial charge in [-0.15, -0.1) is 0 Å². The summed E-state index contributed by atoms with van der Waals surface area (Å²) >= 11 is 7.22. The summed E-state index contributed by atoms with van der Waals surface area (Å²) in [6.45, 7) is 2.63. The monoisotopic (exact) mass is 375 g/mol. The minimum atomic E-state index is -0.331. The molecule has 0 aromatic heterocycles. The van der Waals surface area contributed by atoms with Gasteiger partial charge in [0.05, 0.1) is 5.25 Å². The predicted molar refractivity (Wildman–Crippen MR) is 100 cm³/mol. The Morgan fingerprint density at radius 3 is 2.48 bits per heavy atom. The lowest BCUT2D eigenvalue weighted by Gasteiger charge is -2.11. The first-order valence-electron chi connectivity index (χ1n) is 8.05. The number of amides is 2. The molecule has 0 radical (unpaired) electrons. The molecule has 1 heterocycles. The summed E-state index contributed by atoms with van der Waals surface area (Å²) in [5.41, 5.74) is 1.93. The fourth-order valence-corrected chi connectivity index (χ4v) is 3.91. The molecule has 1 fully saturated rings. The summed E-state index contributed by atoms with van der Waals surface area (Å²) in [4.78, 5) is 25.2. The first kappa shape index (κ1) is 17.8. The molecule has 0 unspecified atom stereocenters. The first-order valence-corrected chi connectivity index (χ1v) is 9.31. The molecule has 2 amide bonds. The van der Waals surface area contributed by atoms with E-state index in [1.165, 1.54) is 4.90 Å². The van der Waals surface area contributed by atoms with Crippen molar-refractivity contribution in [1.29, 1.82) is 0 Å². The zero-order valence-electron chi connectivity index (χ0n) is 13.8. The average molecular weight is 376 g/mol. The van der Waals surface area contributed by atoms with Gasteiger partial charge in [0, 0.05) is 17.1 Å². The summed E-state index contributed by atoms with van der Waals surface area (Å²) < 4.78 is 5.75. The van der Waals surface area contributed by atoms with E-state index >= 15 is 0 Å². The minimum absolute atomic E-state index is 0.100. The van der Waals surface area contributed by atoms with E-state index in [-0.39, 0.29) is 16.4 Å². The second-order valence-electron chi connectivity index (χ2n) is 5.68.